The molecule has 4 rings (SSSR count). The first-order valence-corrected chi connectivity index (χ1v) is 10.1. The van der Waals surface area contributed by atoms with Gasteiger partial charge in [0.1, 0.15) is 11.8 Å². The van der Waals surface area contributed by atoms with Gasteiger partial charge in [0.05, 0.1) is 17.0 Å². The number of carboxylic acid groups (broad SMARTS) is 1. The Labute approximate surface area is 180 Å². The fourth-order valence-electron chi connectivity index (χ4n) is 3.81. The summed E-state index contributed by atoms with van der Waals surface area (Å²) in [5.41, 5.74) is 6.14. The van der Waals surface area contributed by atoms with Gasteiger partial charge in [0.2, 0.25) is 0 Å². The molecule has 2 aromatic carbocycles. The molecule has 0 aliphatic rings. The monoisotopic (exact) mass is 418 g/mol. The number of aliphatic hydroxyl groups is 1. The van der Waals surface area contributed by atoms with Crippen LogP contribution in [0.25, 0.3) is 16.8 Å². The third-order valence-corrected chi connectivity index (χ3v) is 5.37. The lowest BCUT2D eigenvalue weighted by Gasteiger charge is -2.15. The second-order valence-corrected chi connectivity index (χ2v) is 7.49. The first-order valence-electron chi connectivity index (χ1n) is 10.1. The van der Waals surface area contributed by atoms with Crippen LogP contribution in [0.1, 0.15) is 52.3 Å². The largest absolute Gasteiger partial charge is 0.478 e. The van der Waals surface area contributed by atoms with Crippen molar-refractivity contribution >= 4 is 11.6 Å². The third-order valence-electron chi connectivity index (χ3n) is 5.37. The summed E-state index contributed by atoms with van der Waals surface area (Å²) in [5, 5.41) is 20.5. The zero-order valence-corrected chi connectivity index (χ0v) is 17.5. The molecule has 0 fully saturated rings. The fraction of sp³-hybridized carbons (Fsp3) is 0.200. The van der Waals surface area contributed by atoms with E-state index in [1.807, 2.05) is 60.0 Å². The summed E-state index contributed by atoms with van der Waals surface area (Å²) in [6.07, 6.45) is 3.09. The molecule has 0 aliphatic heterocycles. The molecule has 4 N–H and O–H groups in total. The lowest BCUT2D eigenvalue weighted by atomic mass is 9.97. The van der Waals surface area contributed by atoms with E-state index in [0.29, 0.717) is 5.56 Å². The Kier molecular flexibility index (Phi) is 6.53. The van der Waals surface area contributed by atoms with Crippen LogP contribution in [0.4, 0.5) is 0 Å². The molecular formula is C25H26N2O4. The predicted molar refractivity (Wildman–Crippen MR) is 120 cm³/mol. The summed E-state index contributed by atoms with van der Waals surface area (Å²) < 4.78 is 1.97. The van der Waals surface area contributed by atoms with Gasteiger partial charge in [-0.1, -0.05) is 61.9 Å². The summed E-state index contributed by atoms with van der Waals surface area (Å²) >= 11 is 0. The lowest BCUT2D eigenvalue weighted by molar-refractivity contribution is 0.0697. The van der Waals surface area contributed by atoms with Crippen molar-refractivity contribution in [3.63, 3.8) is 0 Å². The molecule has 0 bridgehead atoms. The van der Waals surface area contributed by atoms with Crippen LogP contribution in [0.3, 0.4) is 0 Å². The van der Waals surface area contributed by atoms with Crippen molar-refractivity contribution in [2.24, 2.45) is 0 Å². The van der Waals surface area contributed by atoms with Crippen LogP contribution in [0, 0.1) is 6.92 Å². The van der Waals surface area contributed by atoms with E-state index in [-0.39, 0.29) is 11.0 Å². The van der Waals surface area contributed by atoms with Crippen molar-refractivity contribution in [2.45, 2.75) is 32.8 Å². The van der Waals surface area contributed by atoms with Crippen LogP contribution in [-0.4, -0.2) is 31.0 Å². The quantitative estimate of drug-likeness (QED) is 0.489. The number of aliphatic hydroxyl groups excluding tert-OH is 1. The molecule has 0 unspecified atom stereocenters. The van der Waals surface area contributed by atoms with Gasteiger partial charge in [-0.2, -0.15) is 0 Å². The highest BCUT2D eigenvalue weighted by Crippen LogP contribution is 2.29. The van der Waals surface area contributed by atoms with Crippen molar-refractivity contribution < 1.29 is 20.5 Å². The van der Waals surface area contributed by atoms with E-state index in [4.69, 9.17) is 4.98 Å². The number of imidazole rings is 1. The van der Waals surface area contributed by atoms with Crippen molar-refractivity contribution in [3.8, 4) is 11.1 Å². The molecule has 31 heavy (non-hydrogen) atoms. The number of nitrogens with zero attached hydrogens (tertiary/aromatic N) is 2. The summed E-state index contributed by atoms with van der Waals surface area (Å²) in [4.78, 5) is 16.2. The summed E-state index contributed by atoms with van der Waals surface area (Å²) in [6.45, 7) is 4.14. The van der Waals surface area contributed by atoms with Gasteiger partial charge in [-0.25, -0.2) is 9.78 Å². The number of benzene rings is 2. The van der Waals surface area contributed by atoms with Gasteiger partial charge in [0.25, 0.3) is 0 Å². The average Bonchev–Trinajstić information content (AvgIpc) is 3.18. The molecule has 0 saturated heterocycles. The van der Waals surface area contributed by atoms with Gasteiger partial charge in [0.15, 0.2) is 0 Å². The second-order valence-electron chi connectivity index (χ2n) is 7.49. The molecule has 2 aromatic heterocycles. The first-order chi connectivity index (χ1) is 14.5. The van der Waals surface area contributed by atoms with E-state index < -0.39 is 12.1 Å². The highest BCUT2D eigenvalue weighted by molar-refractivity contribution is 5.96. The zero-order valence-electron chi connectivity index (χ0n) is 17.5. The highest BCUT2D eigenvalue weighted by Gasteiger charge is 2.17. The van der Waals surface area contributed by atoms with Crippen LogP contribution in [0.2, 0.25) is 0 Å². The van der Waals surface area contributed by atoms with Crippen LogP contribution < -0.4 is 0 Å². The minimum Gasteiger partial charge on any atom is -0.478 e. The van der Waals surface area contributed by atoms with Crippen molar-refractivity contribution in [3.05, 3.63) is 94.9 Å². The summed E-state index contributed by atoms with van der Waals surface area (Å²) in [6, 6.07) is 18.2. The molecule has 0 spiro atoms. The molecule has 1 atom stereocenters. The van der Waals surface area contributed by atoms with Crippen molar-refractivity contribution in [1.82, 2.24) is 9.38 Å². The van der Waals surface area contributed by atoms with Crippen LogP contribution >= 0.6 is 0 Å². The second kappa shape index (κ2) is 9.12. The number of hydrogen-bond donors (Lipinski definition) is 2. The number of aryl methyl sites for hydroxylation is 2. The van der Waals surface area contributed by atoms with E-state index in [9.17, 15) is 15.0 Å². The standard InChI is InChI=1S/C25H24N2O3.H2O/c1-3-6-19-15-27-22(14-9-16(2)24(27)26-19)23(28)18-12-10-17(11-13-18)20-7-4-5-8-21(20)25(29)30;/h4-5,7-15,23,28H,3,6H2,1-2H3,(H,29,30);1H2/t23-;/m1./s1. The van der Waals surface area contributed by atoms with Crippen LogP contribution in [0.5, 0.6) is 0 Å². The topological polar surface area (TPSA) is 106 Å². The number of aromatic nitrogens is 2. The van der Waals surface area contributed by atoms with Crippen molar-refractivity contribution in [1.29, 1.82) is 0 Å². The SMILES string of the molecule is CCCc1cn2c([C@H](O)c3ccc(-c4ccccc4C(=O)O)cc3)ccc(C)c2n1.O. The normalized spacial score (nSPS) is 11.8. The Morgan fingerprint density at radius 2 is 1.77 bits per heavy atom. The molecule has 0 saturated carbocycles. The van der Waals surface area contributed by atoms with Crippen LogP contribution in [0.15, 0.2) is 66.9 Å². The molecule has 6 heteroatoms. The Morgan fingerprint density at radius 3 is 2.45 bits per heavy atom. The van der Waals surface area contributed by atoms with E-state index in [1.54, 1.807) is 18.2 Å². The minimum absolute atomic E-state index is 0. The Balaban J connectivity index is 0.00000272. The number of carboxylic acids is 1. The maximum Gasteiger partial charge on any atom is 0.336 e. The van der Waals surface area contributed by atoms with Gasteiger partial charge in [-0.15, -0.1) is 0 Å². The minimum atomic E-state index is -0.959. The van der Waals surface area contributed by atoms with Gasteiger partial charge < -0.3 is 20.1 Å². The molecule has 4 aromatic rings. The molecule has 0 amide bonds. The van der Waals surface area contributed by atoms with Gasteiger partial charge >= 0.3 is 5.97 Å². The van der Waals surface area contributed by atoms with E-state index >= 15 is 0 Å². The third kappa shape index (κ3) is 4.21. The number of hydrogen-bond acceptors (Lipinski definition) is 3. The van der Waals surface area contributed by atoms with Crippen LogP contribution in [-0.2, 0) is 6.42 Å². The molecule has 6 nitrogen and oxygen atoms in total. The molecule has 0 radical (unpaired) electrons. The first kappa shape index (κ1) is 22.2. The summed E-state index contributed by atoms with van der Waals surface area (Å²) in [7, 11) is 0. The molecule has 2 heterocycles. The number of carbonyl (C=O) groups is 1. The van der Waals surface area contributed by atoms with Gasteiger partial charge in [-0.3, -0.25) is 0 Å². The van der Waals surface area contributed by atoms with Gasteiger partial charge in [0, 0.05) is 6.20 Å². The summed E-state index contributed by atoms with van der Waals surface area (Å²) in [5.74, 6) is -0.959. The van der Waals surface area contributed by atoms with E-state index in [2.05, 4.69) is 6.92 Å². The van der Waals surface area contributed by atoms with E-state index in [1.165, 1.54) is 0 Å². The zero-order chi connectivity index (χ0) is 21.3. The number of fused-ring (bicyclic) bond motifs is 1. The molecule has 0 aliphatic carbocycles. The number of rotatable bonds is 6. The Hall–Kier alpha value is -3.48. The highest BCUT2D eigenvalue weighted by atomic mass is 16.4. The lowest BCUT2D eigenvalue weighted by Crippen LogP contribution is -2.06. The number of pyridine rings is 1. The van der Waals surface area contributed by atoms with Gasteiger partial charge in [-0.05, 0) is 47.7 Å². The smallest absolute Gasteiger partial charge is 0.336 e. The molecular weight excluding hydrogens is 392 g/mol. The Bertz CT molecular complexity index is 1210. The number of aromatic carboxylic acids is 1. The Morgan fingerprint density at radius 1 is 1.06 bits per heavy atom. The van der Waals surface area contributed by atoms with E-state index in [0.717, 1.165) is 46.6 Å². The maximum absolute atomic E-state index is 11.5. The predicted octanol–water partition coefficient (Wildman–Crippen LogP) is 4.22. The molecule has 160 valence electrons. The fourth-order valence-corrected chi connectivity index (χ4v) is 3.81. The average molecular weight is 418 g/mol. The van der Waals surface area contributed by atoms with Crippen molar-refractivity contribution in [2.75, 3.05) is 0 Å². The maximum atomic E-state index is 11.5.